The molecule has 0 unspecified atom stereocenters. The number of benzene rings is 1. The molecule has 4 nitrogen and oxygen atoms in total. The molecular formula is C13H13FN2O2S. The number of pyridine rings is 1. The van der Waals surface area contributed by atoms with Gasteiger partial charge in [-0.2, -0.15) is 0 Å². The van der Waals surface area contributed by atoms with E-state index in [1.165, 1.54) is 18.2 Å². The summed E-state index contributed by atoms with van der Waals surface area (Å²) in [5.41, 5.74) is 0.759. The van der Waals surface area contributed by atoms with E-state index in [4.69, 9.17) is 0 Å². The summed E-state index contributed by atoms with van der Waals surface area (Å²) in [6, 6.07) is 8.22. The Balaban J connectivity index is 2.26. The smallest absolute Gasteiger partial charge is 0.244 e. The highest BCUT2D eigenvalue weighted by Gasteiger charge is 2.21. The van der Waals surface area contributed by atoms with Crippen LogP contribution in [0.2, 0.25) is 0 Å². The summed E-state index contributed by atoms with van der Waals surface area (Å²) < 4.78 is 40.1. The summed E-state index contributed by atoms with van der Waals surface area (Å²) in [7, 11) is -3.88. The molecule has 0 bridgehead atoms. The third-order valence-corrected chi connectivity index (χ3v) is 4.24. The fourth-order valence-corrected chi connectivity index (χ4v) is 2.99. The van der Waals surface area contributed by atoms with Crippen molar-refractivity contribution in [1.82, 2.24) is 9.71 Å². The molecule has 1 atom stereocenters. The fraction of sp³-hybridized carbons (Fsp3) is 0.154. The zero-order valence-electron chi connectivity index (χ0n) is 10.2. The minimum atomic E-state index is -3.88. The van der Waals surface area contributed by atoms with E-state index in [0.29, 0.717) is 0 Å². The van der Waals surface area contributed by atoms with E-state index >= 15 is 0 Å². The highest BCUT2D eigenvalue weighted by Crippen LogP contribution is 2.18. The van der Waals surface area contributed by atoms with Gasteiger partial charge < -0.3 is 0 Å². The molecule has 0 amide bonds. The van der Waals surface area contributed by atoms with Gasteiger partial charge in [0.1, 0.15) is 10.7 Å². The maximum atomic E-state index is 13.5. The number of hydrogen-bond donors (Lipinski definition) is 1. The normalized spacial score (nSPS) is 13.2. The molecule has 1 N–H and O–H groups in total. The fourth-order valence-electron chi connectivity index (χ4n) is 1.68. The Hall–Kier alpha value is -1.79. The van der Waals surface area contributed by atoms with Crippen LogP contribution in [-0.2, 0) is 10.0 Å². The summed E-state index contributed by atoms with van der Waals surface area (Å²) in [5, 5.41) is 0. The molecule has 0 spiro atoms. The first-order chi connectivity index (χ1) is 9.00. The van der Waals surface area contributed by atoms with Gasteiger partial charge in [-0.05, 0) is 36.8 Å². The lowest BCUT2D eigenvalue weighted by atomic mass is 10.1. The van der Waals surface area contributed by atoms with Crippen LogP contribution in [-0.4, -0.2) is 13.4 Å². The average Bonchev–Trinajstić information content (AvgIpc) is 2.39. The molecule has 2 rings (SSSR count). The topological polar surface area (TPSA) is 59.1 Å². The van der Waals surface area contributed by atoms with Gasteiger partial charge in [0.15, 0.2) is 0 Å². The summed E-state index contributed by atoms with van der Waals surface area (Å²) in [6.45, 7) is 1.69. The van der Waals surface area contributed by atoms with Crippen LogP contribution in [0.3, 0.4) is 0 Å². The summed E-state index contributed by atoms with van der Waals surface area (Å²) >= 11 is 0. The summed E-state index contributed by atoms with van der Waals surface area (Å²) in [6.07, 6.45) is 3.15. The molecule has 0 aliphatic heterocycles. The van der Waals surface area contributed by atoms with Crippen molar-refractivity contribution in [1.29, 1.82) is 0 Å². The molecule has 0 radical (unpaired) electrons. The first-order valence-electron chi connectivity index (χ1n) is 5.67. The second-order valence-electron chi connectivity index (χ2n) is 4.05. The quantitative estimate of drug-likeness (QED) is 0.934. The lowest BCUT2D eigenvalue weighted by molar-refractivity contribution is 0.547. The molecule has 0 fully saturated rings. The Morgan fingerprint density at radius 2 is 1.79 bits per heavy atom. The van der Waals surface area contributed by atoms with Gasteiger partial charge >= 0.3 is 0 Å². The molecule has 0 saturated heterocycles. The molecule has 6 heteroatoms. The van der Waals surface area contributed by atoms with E-state index in [2.05, 4.69) is 9.71 Å². The van der Waals surface area contributed by atoms with Crippen LogP contribution >= 0.6 is 0 Å². The number of rotatable bonds is 4. The molecule has 100 valence electrons. The van der Waals surface area contributed by atoms with E-state index in [1.807, 2.05) is 0 Å². The Labute approximate surface area is 111 Å². The zero-order valence-corrected chi connectivity index (χ0v) is 11.1. The maximum absolute atomic E-state index is 13.5. The van der Waals surface area contributed by atoms with E-state index in [1.54, 1.807) is 31.5 Å². The predicted octanol–water partition coefficient (Wildman–Crippen LogP) is 2.26. The molecule has 0 aliphatic rings. The molecule has 2 aromatic rings. The van der Waals surface area contributed by atoms with Crippen molar-refractivity contribution in [3.63, 3.8) is 0 Å². The zero-order chi connectivity index (χ0) is 13.9. The minimum Gasteiger partial charge on any atom is -0.265 e. The van der Waals surface area contributed by atoms with Crippen LogP contribution in [0, 0.1) is 5.82 Å². The molecule has 1 aromatic heterocycles. The van der Waals surface area contributed by atoms with Crippen molar-refractivity contribution in [2.75, 3.05) is 0 Å². The van der Waals surface area contributed by atoms with Gasteiger partial charge in [0.25, 0.3) is 0 Å². The van der Waals surface area contributed by atoms with Gasteiger partial charge in [-0.3, -0.25) is 4.98 Å². The average molecular weight is 280 g/mol. The van der Waals surface area contributed by atoms with Crippen LogP contribution in [0.15, 0.2) is 53.7 Å². The lowest BCUT2D eigenvalue weighted by Crippen LogP contribution is -2.27. The third-order valence-electron chi connectivity index (χ3n) is 2.66. The highest BCUT2D eigenvalue weighted by atomic mass is 32.2. The highest BCUT2D eigenvalue weighted by molar-refractivity contribution is 7.89. The minimum absolute atomic E-state index is 0.351. The molecule has 19 heavy (non-hydrogen) atoms. The molecular weight excluding hydrogens is 267 g/mol. The Bertz CT molecular complexity index is 659. The van der Waals surface area contributed by atoms with Crippen molar-refractivity contribution >= 4 is 10.0 Å². The summed E-state index contributed by atoms with van der Waals surface area (Å²) in [5.74, 6) is -0.767. The van der Waals surface area contributed by atoms with Crippen LogP contribution < -0.4 is 4.72 Å². The van der Waals surface area contributed by atoms with Crippen molar-refractivity contribution in [3.05, 3.63) is 60.2 Å². The second kappa shape index (κ2) is 5.46. The van der Waals surface area contributed by atoms with Crippen molar-refractivity contribution < 1.29 is 12.8 Å². The van der Waals surface area contributed by atoms with Gasteiger partial charge in [-0.15, -0.1) is 0 Å². The Kier molecular flexibility index (Phi) is 3.92. The predicted molar refractivity (Wildman–Crippen MR) is 69.4 cm³/mol. The Morgan fingerprint density at radius 1 is 1.16 bits per heavy atom. The van der Waals surface area contributed by atoms with Crippen molar-refractivity contribution in [2.45, 2.75) is 17.9 Å². The molecule has 0 saturated carbocycles. The van der Waals surface area contributed by atoms with Crippen LogP contribution in [0.4, 0.5) is 4.39 Å². The first-order valence-corrected chi connectivity index (χ1v) is 7.16. The molecule has 1 heterocycles. The number of nitrogens with one attached hydrogen (secondary N) is 1. The van der Waals surface area contributed by atoms with Crippen molar-refractivity contribution in [3.8, 4) is 0 Å². The molecule has 0 aliphatic carbocycles. The number of hydrogen-bond acceptors (Lipinski definition) is 3. The SMILES string of the molecule is C[C@@H](NS(=O)(=O)c1ccccc1F)c1ccncc1. The first kappa shape index (κ1) is 13.6. The number of sulfonamides is 1. The second-order valence-corrected chi connectivity index (χ2v) is 5.74. The lowest BCUT2D eigenvalue weighted by Gasteiger charge is -2.14. The van der Waals surface area contributed by atoms with E-state index in [-0.39, 0.29) is 4.90 Å². The van der Waals surface area contributed by atoms with Crippen LogP contribution in [0.25, 0.3) is 0 Å². The van der Waals surface area contributed by atoms with Gasteiger partial charge in [-0.1, -0.05) is 12.1 Å². The number of nitrogens with zero attached hydrogens (tertiary/aromatic N) is 1. The largest absolute Gasteiger partial charge is 0.265 e. The monoisotopic (exact) mass is 280 g/mol. The van der Waals surface area contributed by atoms with Gasteiger partial charge in [0.2, 0.25) is 10.0 Å². The summed E-state index contributed by atoms with van der Waals surface area (Å²) in [4.78, 5) is 3.51. The maximum Gasteiger partial charge on any atom is 0.244 e. The number of aromatic nitrogens is 1. The Morgan fingerprint density at radius 3 is 2.42 bits per heavy atom. The van der Waals surface area contributed by atoms with Gasteiger partial charge in [-0.25, -0.2) is 17.5 Å². The number of halogens is 1. The standard InChI is InChI=1S/C13H13FN2O2S/c1-10(11-6-8-15-9-7-11)16-19(17,18)13-5-3-2-4-12(13)14/h2-10,16H,1H3/t10-/m1/s1. The van der Waals surface area contributed by atoms with Gasteiger partial charge in [0.05, 0.1) is 0 Å². The van der Waals surface area contributed by atoms with Crippen LogP contribution in [0.1, 0.15) is 18.5 Å². The van der Waals surface area contributed by atoms with E-state index in [9.17, 15) is 12.8 Å². The van der Waals surface area contributed by atoms with Crippen LogP contribution in [0.5, 0.6) is 0 Å². The van der Waals surface area contributed by atoms with Crippen molar-refractivity contribution in [2.24, 2.45) is 0 Å². The van der Waals surface area contributed by atoms with E-state index in [0.717, 1.165) is 11.6 Å². The third kappa shape index (κ3) is 3.15. The van der Waals surface area contributed by atoms with Gasteiger partial charge in [0, 0.05) is 18.4 Å². The molecule has 1 aromatic carbocycles. The van der Waals surface area contributed by atoms with E-state index < -0.39 is 21.9 Å².